The summed E-state index contributed by atoms with van der Waals surface area (Å²) in [6.45, 7) is 0. The summed E-state index contributed by atoms with van der Waals surface area (Å²) in [5.74, 6) is 1.22. The third-order valence-electron chi connectivity index (χ3n) is 3.07. The number of aromatic nitrogens is 3. The molecule has 0 bridgehead atoms. The Bertz CT molecular complexity index is 759. The number of fused-ring (bicyclic) bond motifs is 1. The topological polar surface area (TPSA) is 57.1 Å². The van der Waals surface area contributed by atoms with E-state index in [9.17, 15) is 0 Å². The van der Waals surface area contributed by atoms with Crippen LogP contribution in [0.4, 0.5) is 0 Å². The predicted molar refractivity (Wildman–Crippen MR) is 75.9 cm³/mol. The predicted octanol–water partition coefficient (Wildman–Crippen LogP) is 2.71. The van der Waals surface area contributed by atoms with Crippen LogP contribution in [0, 0.1) is 0 Å². The molecule has 3 rings (SSSR count). The summed E-state index contributed by atoms with van der Waals surface area (Å²) in [7, 11) is 3.21. The molecule has 2 aromatic heterocycles. The highest BCUT2D eigenvalue weighted by Crippen LogP contribution is 2.35. The van der Waals surface area contributed by atoms with Gasteiger partial charge in [0.15, 0.2) is 0 Å². The smallest absolute Gasteiger partial charge is 0.240 e. The highest BCUT2D eigenvalue weighted by molar-refractivity contribution is 5.97. The Kier molecular flexibility index (Phi) is 3.16. The van der Waals surface area contributed by atoms with E-state index in [0.717, 1.165) is 22.2 Å². The van der Waals surface area contributed by atoms with Crippen LogP contribution in [0.5, 0.6) is 11.6 Å². The molecule has 0 aliphatic rings. The van der Waals surface area contributed by atoms with Gasteiger partial charge in [-0.15, -0.1) is 0 Å². The van der Waals surface area contributed by atoms with Gasteiger partial charge in [0, 0.05) is 29.5 Å². The summed E-state index contributed by atoms with van der Waals surface area (Å²) in [5.41, 5.74) is 2.40. The van der Waals surface area contributed by atoms with Gasteiger partial charge in [-0.1, -0.05) is 6.07 Å². The van der Waals surface area contributed by atoms with Gasteiger partial charge < -0.3 is 9.47 Å². The van der Waals surface area contributed by atoms with Crippen LogP contribution in [0.1, 0.15) is 0 Å². The quantitative estimate of drug-likeness (QED) is 0.730. The van der Waals surface area contributed by atoms with E-state index in [4.69, 9.17) is 9.47 Å². The first-order valence-corrected chi connectivity index (χ1v) is 6.12. The Hall–Kier alpha value is -2.69. The van der Waals surface area contributed by atoms with Gasteiger partial charge in [0.2, 0.25) is 5.88 Å². The molecular weight excluding hydrogens is 254 g/mol. The van der Waals surface area contributed by atoms with Gasteiger partial charge in [-0.2, -0.15) is 0 Å². The third kappa shape index (κ3) is 1.93. The van der Waals surface area contributed by atoms with Crippen LogP contribution in [0.3, 0.4) is 0 Å². The summed E-state index contributed by atoms with van der Waals surface area (Å²) in [5, 5.41) is 0.950. The van der Waals surface area contributed by atoms with Crippen LogP contribution in [-0.2, 0) is 0 Å². The summed E-state index contributed by atoms with van der Waals surface area (Å²) in [6.07, 6.45) is 4.99. The van der Waals surface area contributed by atoms with Crippen LogP contribution >= 0.6 is 0 Å². The zero-order valence-corrected chi connectivity index (χ0v) is 11.2. The molecule has 0 aliphatic heterocycles. The number of pyridine rings is 1. The van der Waals surface area contributed by atoms with Crippen molar-refractivity contribution in [2.45, 2.75) is 0 Å². The number of nitrogens with zero attached hydrogens (tertiary/aromatic N) is 3. The second-order valence-electron chi connectivity index (χ2n) is 4.13. The second-order valence-corrected chi connectivity index (χ2v) is 4.13. The minimum atomic E-state index is 0.489. The lowest BCUT2D eigenvalue weighted by atomic mass is 10.0. The summed E-state index contributed by atoms with van der Waals surface area (Å²) >= 11 is 0. The second kappa shape index (κ2) is 5.13. The first-order chi connectivity index (χ1) is 9.85. The van der Waals surface area contributed by atoms with Crippen molar-refractivity contribution in [1.29, 1.82) is 0 Å². The molecule has 3 aromatic rings. The van der Waals surface area contributed by atoms with Crippen LogP contribution in [0.25, 0.3) is 22.2 Å². The molecule has 0 fully saturated rings. The zero-order valence-electron chi connectivity index (χ0n) is 11.2. The SMILES string of the molecule is COc1nccnc1-c1ccc(OC)c2ncccc12. The number of rotatable bonds is 3. The van der Waals surface area contributed by atoms with Gasteiger partial charge in [0.25, 0.3) is 0 Å². The maximum Gasteiger partial charge on any atom is 0.240 e. The van der Waals surface area contributed by atoms with E-state index in [0.29, 0.717) is 11.6 Å². The van der Waals surface area contributed by atoms with Gasteiger partial charge in [0.05, 0.1) is 14.2 Å². The van der Waals surface area contributed by atoms with Crippen molar-refractivity contribution in [2.75, 3.05) is 14.2 Å². The molecule has 0 aliphatic carbocycles. The summed E-state index contributed by atoms with van der Waals surface area (Å²) < 4.78 is 10.6. The molecule has 0 atom stereocenters. The zero-order chi connectivity index (χ0) is 13.9. The number of hydrogen-bond donors (Lipinski definition) is 0. The minimum Gasteiger partial charge on any atom is -0.494 e. The van der Waals surface area contributed by atoms with Crippen LogP contribution in [0.2, 0.25) is 0 Å². The number of hydrogen-bond acceptors (Lipinski definition) is 5. The normalized spacial score (nSPS) is 10.5. The van der Waals surface area contributed by atoms with E-state index in [1.807, 2.05) is 24.3 Å². The fraction of sp³-hybridized carbons (Fsp3) is 0.133. The highest BCUT2D eigenvalue weighted by Gasteiger charge is 2.14. The summed E-state index contributed by atoms with van der Waals surface area (Å²) in [4.78, 5) is 12.9. The first-order valence-electron chi connectivity index (χ1n) is 6.12. The first kappa shape index (κ1) is 12.3. The van der Waals surface area contributed by atoms with Crippen molar-refractivity contribution >= 4 is 10.9 Å². The molecule has 5 heteroatoms. The molecule has 2 heterocycles. The Morgan fingerprint density at radius 3 is 2.50 bits per heavy atom. The maximum absolute atomic E-state index is 5.35. The molecule has 5 nitrogen and oxygen atoms in total. The average Bonchev–Trinajstić information content (AvgIpc) is 2.53. The Morgan fingerprint density at radius 1 is 0.850 bits per heavy atom. The molecule has 0 spiro atoms. The summed E-state index contributed by atoms with van der Waals surface area (Å²) in [6, 6.07) is 7.68. The standard InChI is InChI=1S/C15H13N3O2/c1-19-12-6-5-11(10-4-3-7-16-13(10)12)14-15(20-2)18-9-8-17-14/h3-9H,1-2H3. The average molecular weight is 267 g/mol. The molecule has 0 N–H and O–H groups in total. The molecule has 0 saturated heterocycles. The fourth-order valence-electron chi connectivity index (χ4n) is 2.18. The van der Waals surface area contributed by atoms with E-state index in [2.05, 4.69) is 15.0 Å². The Balaban J connectivity index is 2.32. The molecule has 0 saturated carbocycles. The van der Waals surface area contributed by atoms with Gasteiger partial charge in [-0.3, -0.25) is 4.98 Å². The molecule has 1 aromatic carbocycles. The van der Waals surface area contributed by atoms with E-state index in [-0.39, 0.29) is 0 Å². The minimum absolute atomic E-state index is 0.489. The van der Waals surface area contributed by atoms with E-state index >= 15 is 0 Å². The fourth-order valence-corrected chi connectivity index (χ4v) is 2.18. The van der Waals surface area contributed by atoms with Gasteiger partial charge in [-0.05, 0) is 18.2 Å². The third-order valence-corrected chi connectivity index (χ3v) is 3.07. The van der Waals surface area contributed by atoms with Crippen LogP contribution < -0.4 is 9.47 Å². The van der Waals surface area contributed by atoms with E-state index < -0.39 is 0 Å². The van der Waals surface area contributed by atoms with Crippen molar-refractivity contribution in [1.82, 2.24) is 15.0 Å². The molecule has 0 amide bonds. The Labute approximate surface area is 116 Å². The number of methoxy groups -OCH3 is 2. The lowest BCUT2D eigenvalue weighted by Crippen LogP contribution is -1.96. The molecular formula is C15H13N3O2. The van der Waals surface area contributed by atoms with Crippen molar-refractivity contribution in [2.24, 2.45) is 0 Å². The van der Waals surface area contributed by atoms with Crippen molar-refractivity contribution < 1.29 is 9.47 Å². The van der Waals surface area contributed by atoms with Gasteiger partial charge in [-0.25, -0.2) is 9.97 Å². The molecule has 100 valence electrons. The maximum atomic E-state index is 5.35. The molecule has 20 heavy (non-hydrogen) atoms. The lowest BCUT2D eigenvalue weighted by Gasteiger charge is -2.10. The van der Waals surface area contributed by atoms with Crippen LogP contribution in [-0.4, -0.2) is 29.2 Å². The van der Waals surface area contributed by atoms with Crippen molar-refractivity contribution in [3.8, 4) is 22.9 Å². The highest BCUT2D eigenvalue weighted by atomic mass is 16.5. The molecule has 0 unspecified atom stereocenters. The van der Waals surface area contributed by atoms with Gasteiger partial charge >= 0.3 is 0 Å². The largest absolute Gasteiger partial charge is 0.494 e. The van der Waals surface area contributed by atoms with Crippen molar-refractivity contribution in [3.05, 3.63) is 42.9 Å². The van der Waals surface area contributed by atoms with E-state index in [1.165, 1.54) is 0 Å². The lowest BCUT2D eigenvalue weighted by molar-refractivity contribution is 0.398. The Morgan fingerprint density at radius 2 is 1.70 bits per heavy atom. The molecule has 0 radical (unpaired) electrons. The number of ether oxygens (including phenoxy) is 2. The van der Waals surface area contributed by atoms with Crippen molar-refractivity contribution in [3.63, 3.8) is 0 Å². The van der Waals surface area contributed by atoms with Gasteiger partial charge in [0.1, 0.15) is 17.0 Å². The monoisotopic (exact) mass is 267 g/mol. The van der Waals surface area contributed by atoms with E-state index in [1.54, 1.807) is 32.8 Å². The number of benzene rings is 1. The van der Waals surface area contributed by atoms with Crippen LogP contribution in [0.15, 0.2) is 42.9 Å².